The summed E-state index contributed by atoms with van der Waals surface area (Å²) < 4.78 is 49.7. The maximum Gasteiger partial charge on any atom is 0.311 e. The van der Waals surface area contributed by atoms with Gasteiger partial charge in [0, 0.05) is 6.42 Å². The normalized spacial score (nSPS) is 10.8. The lowest BCUT2D eigenvalue weighted by molar-refractivity contribution is -0.147. The summed E-state index contributed by atoms with van der Waals surface area (Å²) in [4.78, 5) is 10.3. The molecule has 0 bridgehead atoms. The first kappa shape index (κ1) is 11.2. The lowest BCUT2D eigenvalue weighted by atomic mass is 10.4. The third-order valence-corrected chi connectivity index (χ3v) is 0.920. The van der Waals surface area contributed by atoms with Crippen molar-refractivity contribution < 1.29 is 27.1 Å². The lowest BCUT2D eigenvalue weighted by Gasteiger charge is -2.02. The molecule has 2 nitrogen and oxygen atoms in total. The van der Waals surface area contributed by atoms with Crippen LogP contribution < -0.4 is 0 Å². The number of rotatable bonds is 5. The van der Waals surface area contributed by atoms with Crippen molar-refractivity contribution in [2.24, 2.45) is 0 Å². The van der Waals surface area contributed by atoms with Crippen LogP contribution in [0.2, 0.25) is 0 Å². The molecule has 0 radical (unpaired) electrons. The van der Waals surface area contributed by atoms with Crippen LogP contribution in [0.4, 0.5) is 17.6 Å². The molecule has 0 atom stereocenters. The van der Waals surface area contributed by atoms with Crippen LogP contribution in [0.3, 0.4) is 0 Å². The number of carbonyl (C=O) groups excluding carboxylic acids is 1. The number of hydrogen-bond donors (Lipinski definition) is 0. The molecule has 0 aromatic heterocycles. The van der Waals surface area contributed by atoms with Crippen molar-refractivity contribution in [1.29, 1.82) is 0 Å². The zero-order valence-electron chi connectivity index (χ0n) is 6.10. The topological polar surface area (TPSA) is 26.3 Å². The first-order valence-corrected chi connectivity index (χ1v) is 3.24. The van der Waals surface area contributed by atoms with E-state index in [-0.39, 0.29) is 0 Å². The fourth-order valence-corrected chi connectivity index (χ4v) is 0.447. The van der Waals surface area contributed by atoms with Crippen LogP contribution in [0.1, 0.15) is 12.8 Å². The molecule has 0 heterocycles. The van der Waals surface area contributed by atoms with Crippen LogP contribution in [0, 0.1) is 0 Å². The van der Waals surface area contributed by atoms with E-state index in [9.17, 15) is 22.4 Å². The Morgan fingerprint density at radius 1 is 1.17 bits per heavy atom. The molecule has 0 unspecified atom stereocenters. The van der Waals surface area contributed by atoms with E-state index >= 15 is 0 Å². The molecule has 0 aromatic carbocycles. The number of halogens is 4. The second-order valence-corrected chi connectivity index (χ2v) is 2.00. The first-order valence-electron chi connectivity index (χ1n) is 3.24. The van der Waals surface area contributed by atoms with E-state index in [4.69, 9.17) is 0 Å². The van der Waals surface area contributed by atoms with E-state index in [1.54, 1.807) is 0 Å². The van der Waals surface area contributed by atoms with Gasteiger partial charge in [-0.15, -0.1) is 0 Å². The molecule has 0 saturated carbocycles. The third kappa shape index (κ3) is 7.30. The zero-order valence-corrected chi connectivity index (χ0v) is 6.10. The van der Waals surface area contributed by atoms with E-state index in [2.05, 4.69) is 4.74 Å². The Kier molecular flexibility index (Phi) is 5.40. The molecule has 0 spiro atoms. The second kappa shape index (κ2) is 5.79. The van der Waals surface area contributed by atoms with Crippen LogP contribution in [0.5, 0.6) is 0 Å². The van der Waals surface area contributed by atoms with Gasteiger partial charge >= 0.3 is 5.97 Å². The largest absolute Gasteiger partial charge is 0.465 e. The summed E-state index contributed by atoms with van der Waals surface area (Å²) in [5.74, 6) is -1.15. The monoisotopic (exact) mass is 188 g/mol. The van der Waals surface area contributed by atoms with Crippen molar-refractivity contribution in [1.82, 2.24) is 0 Å². The van der Waals surface area contributed by atoms with Crippen molar-refractivity contribution in [3.05, 3.63) is 0 Å². The van der Waals surface area contributed by atoms with Crippen LogP contribution in [0.25, 0.3) is 0 Å². The standard InChI is InChI=1S/C6H8F4O2/c7-4(8)1-2-12-6(11)3-5(9)10/h4-5H,1-3H2. The highest BCUT2D eigenvalue weighted by atomic mass is 19.3. The van der Waals surface area contributed by atoms with E-state index < -0.39 is 38.3 Å². The van der Waals surface area contributed by atoms with Gasteiger partial charge in [0.15, 0.2) is 0 Å². The Hall–Kier alpha value is -0.810. The summed E-state index contributed by atoms with van der Waals surface area (Å²) in [5, 5.41) is 0. The number of hydrogen-bond acceptors (Lipinski definition) is 2. The molecule has 6 heteroatoms. The molecule has 0 N–H and O–H groups in total. The number of ether oxygens (including phenoxy) is 1. The Balaban J connectivity index is 3.32. The summed E-state index contributed by atoms with van der Waals surface area (Å²) in [5.41, 5.74) is 0. The molecule has 0 aliphatic rings. The number of carbonyl (C=O) groups is 1. The molecule has 0 aromatic rings. The maximum absolute atomic E-state index is 11.4. The zero-order chi connectivity index (χ0) is 9.56. The first-order chi connectivity index (χ1) is 5.52. The van der Waals surface area contributed by atoms with Crippen LogP contribution in [-0.2, 0) is 9.53 Å². The van der Waals surface area contributed by atoms with E-state index in [1.807, 2.05) is 0 Å². The second-order valence-electron chi connectivity index (χ2n) is 2.00. The van der Waals surface area contributed by atoms with Gasteiger partial charge in [-0.3, -0.25) is 4.79 Å². The maximum atomic E-state index is 11.4. The van der Waals surface area contributed by atoms with Crippen molar-refractivity contribution >= 4 is 5.97 Å². The molecule has 0 rings (SSSR count). The van der Waals surface area contributed by atoms with Gasteiger partial charge in [-0.1, -0.05) is 0 Å². The number of alkyl halides is 4. The van der Waals surface area contributed by atoms with Crippen molar-refractivity contribution in [3.63, 3.8) is 0 Å². The van der Waals surface area contributed by atoms with Crippen LogP contribution in [-0.4, -0.2) is 25.4 Å². The quantitative estimate of drug-likeness (QED) is 0.486. The molecular weight excluding hydrogens is 180 g/mol. The SMILES string of the molecule is O=C(CC(F)F)OCCC(F)F. The predicted octanol–water partition coefficient (Wildman–Crippen LogP) is 1.84. The van der Waals surface area contributed by atoms with E-state index in [1.165, 1.54) is 0 Å². The van der Waals surface area contributed by atoms with Crippen LogP contribution in [0.15, 0.2) is 0 Å². The molecule has 0 aliphatic carbocycles. The van der Waals surface area contributed by atoms with Gasteiger partial charge < -0.3 is 4.74 Å². The minimum atomic E-state index is -2.79. The fourth-order valence-electron chi connectivity index (χ4n) is 0.447. The Morgan fingerprint density at radius 2 is 1.75 bits per heavy atom. The minimum absolute atomic E-state index is 0.511. The molecule has 0 fully saturated rings. The highest BCUT2D eigenvalue weighted by molar-refractivity contribution is 5.69. The summed E-state index contributed by atoms with van der Waals surface area (Å²) in [6.45, 7) is -0.511. The smallest absolute Gasteiger partial charge is 0.311 e. The number of esters is 1. The molecule has 0 amide bonds. The molecule has 72 valence electrons. The van der Waals surface area contributed by atoms with Crippen molar-refractivity contribution in [2.75, 3.05) is 6.61 Å². The third-order valence-electron chi connectivity index (χ3n) is 0.920. The van der Waals surface area contributed by atoms with Gasteiger partial charge in [-0.2, -0.15) is 0 Å². The molecule has 0 saturated heterocycles. The van der Waals surface area contributed by atoms with Gasteiger partial charge in [-0.05, 0) is 0 Å². The van der Waals surface area contributed by atoms with E-state index in [0.717, 1.165) is 0 Å². The summed E-state index contributed by atoms with van der Waals surface area (Å²) >= 11 is 0. The highest BCUT2D eigenvalue weighted by Crippen LogP contribution is 2.03. The fraction of sp³-hybridized carbons (Fsp3) is 0.833. The summed E-state index contributed by atoms with van der Waals surface area (Å²) in [7, 11) is 0. The molecule has 12 heavy (non-hydrogen) atoms. The average Bonchev–Trinajstić information content (AvgIpc) is 1.84. The van der Waals surface area contributed by atoms with E-state index in [0.29, 0.717) is 0 Å². The Morgan fingerprint density at radius 3 is 2.17 bits per heavy atom. The lowest BCUT2D eigenvalue weighted by Crippen LogP contribution is -2.11. The van der Waals surface area contributed by atoms with Crippen LogP contribution >= 0.6 is 0 Å². The predicted molar refractivity (Wildman–Crippen MR) is 32.2 cm³/mol. The Labute approximate surface area is 66.5 Å². The average molecular weight is 188 g/mol. The summed E-state index contributed by atoms with van der Waals surface area (Å²) in [6.07, 6.45) is -7.02. The molecule has 0 aliphatic heterocycles. The summed E-state index contributed by atoms with van der Waals surface area (Å²) in [6, 6.07) is 0. The minimum Gasteiger partial charge on any atom is -0.465 e. The van der Waals surface area contributed by atoms with Crippen molar-refractivity contribution in [2.45, 2.75) is 25.7 Å². The van der Waals surface area contributed by atoms with Crippen molar-refractivity contribution in [3.8, 4) is 0 Å². The van der Waals surface area contributed by atoms with Gasteiger partial charge in [0.2, 0.25) is 12.9 Å². The highest BCUT2D eigenvalue weighted by Gasteiger charge is 2.12. The van der Waals surface area contributed by atoms with Gasteiger partial charge in [0.05, 0.1) is 6.61 Å². The Bertz CT molecular complexity index is 138. The molecular formula is C6H8F4O2. The van der Waals surface area contributed by atoms with Gasteiger partial charge in [0.1, 0.15) is 6.42 Å². The van der Waals surface area contributed by atoms with Gasteiger partial charge in [-0.25, -0.2) is 17.6 Å². The van der Waals surface area contributed by atoms with Gasteiger partial charge in [0.25, 0.3) is 0 Å².